The monoisotopic (exact) mass is 588 g/mol. The zero-order valence-electron chi connectivity index (χ0n) is 22.7. The fraction of sp³-hybridized carbons (Fsp3) is 0.286. The molecule has 0 saturated heterocycles. The van der Waals surface area contributed by atoms with Crippen LogP contribution in [0, 0.1) is 0 Å². The molecule has 0 bridgehead atoms. The number of sulfonamides is 2. The SMILES string of the molecule is CCN(CC)S(=O)(=O)c1cccc(C(=O)Oc2ccc(OC(=O)c3cccc(S(=O)(=O)N(CC)CC)c3)cc2)c1. The molecule has 0 radical (unpaired) electrons. The summed E-state index contributed by atoms with van der Waals surface area (Å²) in [6.07, 6.45) is 0. The lowest BCUT2D eigenvalue weighted by molar-refractivity contribution is 0.0719. The first-order valence-corrected chi connectivity index (χ1v) is 15.6. The number of rotatable bonds is 12. The van der Waals surface area contributed by atoms with Crippen molar-refractivity contribution < 1.29 is 35.9 Å². The third-order valence-corrected chi connectivity index (χ3v) is 10.2. The Balaban J connectivity index is 1.71. The Bertz CT molecular complexity index is 1440. The molecule has 40 heavy (non-hydrogen) atoms. The standard InChI is InChI=1S/C28H32N2O8S2/c1-5-29(6-2)39(33,34)25-13-9-11-21(19-25)27(31)37-23-15-17-24(18-16-23)38-28(32)22-12-10-14-26(20-22)40(35,36)30(7-3)8-4/h9-20H,5-8H2,1-4H3. The Hall–Kier alpha value is -3.58. The summed E-state index contributed by atoms with van der Waals surface area (Å²) >= 11 is 0. The summed E-state index contributed by atoms with van der Waals surface area (Å²) in [5.74, 6) is -1.22. The molecule has 12 heteroatoms. The third-order valence-electron chi connectivity index (χ3n) is 6.07. The van der Waals surface area contributed by atoms with E-state index in [1.165, 1.54) is 81.4 Å². The molecule has 3 aromatic rings. The van der Waals surface area contributed by atoms with Crippen LogP contribution in [0.5, 0.6) is 11.5 Å². The van der Waals surface area contributed by atoms with Crippen LogP contribution in [0.25, 0.3) is 0 Å². The Morgan fingerprint density at radius 1 is 0.575 bits per heavy atom. The topological polar surface area (TPSA) is 127 Å². The van der Waals surface area contributed by atoms with Crippen LogP contribution in [0.15, 0.2) is 82.6 Å². The van der Waals surface area contributed by atoms with E-state index in [4.69, 9.17) is 9.47 Å². The zero-order chi connectivity index (χ0) is 29.5. The smallest absolute Gasteiger partial charge is 0.343 e. The molecule has 0 aliphatic heterocycles. The predicted octanol–water partition coefficient (Wildman–Crippen LogP) is 4.19. The quantitative estimate of drug-likeness (QED) is 0.228. The molecule has 3 aromatic carbocycles. The van der Waals surface area contributed by atoms with Gasteiger partial charge in [0.25, 0.3) is 0 Å². The number of hydrogen-bond acceptors (Lipinski definition) is 8. The Labute approximate surface area is 235 Å². The van der Waals surface area contributed by atoms with Crippen LogP contribution in [0.2, 0.25) is 0 Å². The summed E-state index contributed by atoms with van der Waals surface area (Å²) in [7, 11) is -7.49. The third kappa shape index (κ3) is 6.94. The maximum Gasteiger partial charge on any atom is 0.343 e. The van der Waals surface area contributed by atoms with E-state index < -0.39 is 32.0 Å². The van der Waals surface area contributed by atoms with Gasteiger partial charge in [-0.15, -0.1) is 0 Å². The second kappa shape index (κ2) is 13.2. The van der Waals surface area contributed by atoms with E-state index in [9.17, 15) is 26.4 Å². The highest BCUT2D eigenvalue weighted by Crippen LogP contribution is 2.23. The van der Waals surface area contributed by atoms with Crippen molar-refractivity contribution in [3.8, 4) is 11.5 Å². The molecule has 10 nitrogen and oxygen atoms in total. The average molecular weight is 589 g/mol. The van der Waals surface area contributed by atoms with Crippen LogP contribution in [0.4, 0.5) is 0 Å². The van der Waals surface area contributed by atoms with Crippen molar-refractivity contribution >= 4 is 32.0 Å². The van der Waals surface area contributed by atoms with Gasteiger partial charge >= 0.3 is 11.9 Å². The molecule has 0 N–H and O–H groups in total. The van der Waals surface area contributed by atoms with E-state index in [2.05, 4.69) is 0 Å². The lowest BCUT2D eigenvalue weighted by atomic mass is 10.2. The highest BCUT2D eigenvalue weighted by atomic mass is 32.2. The number of hydrogen-bond donors (Lipinski definition) is 0. The summed E-state index contributed by atoms with van der Waals surface area (Å²) in [5, 5.41) is 0. The maximum absolute atomic E-state index is 12.8. The first kappa shape index (κ1) is 31.0. The lowest BCUT2D eigenvalue weighted by Crippen LogP contribution is -2.30. The normalized spacial score (nSPS) is 11.9. The van der Waals surface area contributed by atoms with Gasteiger partial charge in [-0.2, -0.15) is 8.61 Å². The molecular weight excluding hydrogens is 556 g/mol. The van der Waals surface area contributed by atoms with Crippen LogP contribution in [0.3, 0.4) is 0 Å². The van der Waals surface area contributed by atoms with Crippen molar-refractivity contribution in [1.82, 2.24) is 8.61 Å². The number of benzene rings is 3. The first-order valence-electron chi connectivity index (χ1n) is 12.7. The molecule has 0 unspecified atom stereocenters. The summed E-state index contributed by atoms with van der Waals surface area (Å²) < 4.78 is 64.4. The van der Waals surface area contributed by atoms with Gasteiger partial charge in [-0.1, -0.05) is 39.8 Å². The molecule has 3 rings (SSSR count). The van der Waals surface area contributed by atoms with E-state index in [1.807, 2.05) is 0 Å². The van der Waals surface area contributed by atoms with E-state index >= 15 is 0 Å². The van der Waals surface area contributed by atoms with Gasteiger partial charge in [0.05, 0.1) is 20.9 Å². The minimum atomic E-state index is -3.75. The first-order chi connectivity index (χ1) is 19.0. The van der Waals surface area contributed by atoms with Gasteiger partial charge in [0, 0.05) is 26.2 Å². The number of esters is 2. The minimum absolute atomic E-state index is 0.0122. The van der Waals surface area contributed by atoms with Gasteiger partial charge in [0.2, 0.25) is 20.0 Å². The molecule has 0 spiro atoms. The van der Waals surface area contributed by atoms with Crippen LogP contribution in [-0.2, 0) is 20.0 Å². The second-order valence-corrected chi connectivity index (χ2v) is 12.4. The molecular formula is C28H32N2O8S2. The van der Waals surface area contributed by atoms with E-state index in [0.717, 1.165) is 0 Å². The molecule has 0 aliphatic rings. The van der Waals surface area contributed by atoms with Crippen LogP contribution < -0.4 is 9.47 Å². The van der Waals surface area contributed by atoms with Gasteiger partial charge in [0.15, 0.2) is 0 Å². The van der Waals surface area contributed by atoms with Crippen molar-refractivity contribution in [1.29, 1.82) is 0 Å². The van der Waals surface area contributed by atoms with Gasteiger partial charge in [0.1, 0.15) is 11.5 Å². The van der Waals surface area contributed by atoms with Gasteiger partial charge < -0.3 is 9.47 Å². The molecule has 0 aromatic heterocycles. The lowest BCUT2D eigenvalue weighted by Gasteiger charge is -2.18. The fourth-order valence-corrected chi connectivity index (χ4v) is 6.91. The molecule has 0 amide bonds. The summed E-state index contributed by atoms with van der Waals surface area (Å²) in [4.78, 5) is 25.3. The van der Waals surface area contributed by atoms with Gasteiger partial charge in [-0.25, -0.2) is 26.4 Å². The van der Waals surface area contributed by atoms with Crippen molar-refractivity contribution in [3.05, 3.63) is 83.9 Å². The molecule has 0 fully saturated rings. The van der Waals surface area contributed by atoms with Crippen molar-refractivity contribution in [2.24, 2.45) is 0 Å². The Kier molecular flexibility index (Phi) is 10.2. The van der Waals surface area contributed by atoms with E-state index in [-0.39, 0.29) is 32.4 Å². The largest absolute Gasteiger partial charge is 0.423 e. The number of carbonyl (C=O) groups is 2. The maximum atomic E-state index is 12.8. The number of carbonyl (C=O) groups excluding carboxylic acids is 2. The van der Waals surface area contributed by atoms with Crippen molar-refractivity contribution in [2.45, 2.75) is 37.5 Å². The minimum Gasteiger partial charge on any atom is -0.423 e. The summed E-state index contributed by atoms with van der Waals surface area (Å²) in [6, 6.07) is 16.9. The fourth-order valence-electron chi connectivity index (χ4n) is 3.90. The van der Waals surface area contributed by atoms with Gasteiger partial charge in [-0.3, -0.25) is 0 Å². The second-order valence-electron chi connectivity index (χ2n) is 8.48. The zero-order valence-corrected chi connectivity index (χ0v) is 24.4. The van der Waals surface area contributed by atoms with Gasteiger partial charge in [-0.05, 0) is 60.7 Å². The van der Waals surface area contributed by atoms with E-state index in [0.29, 0.717) is 26.2 Å². The molecule has 0 atom stereocenters. The van der Waals surface area contributed by atoms with Crippen LogP contribution in [0.1, 0.15) is 48.4 Å². The highest BCUT2D eigenvalue weighted by molar-refractivity contribution is 7.89. The predicted molar refractivity (Wildman–Crippen MR) is 149 cm³/mol. The Morgan fingerprint density at radius 2 is 0.900 bits per heavy atom. The summed E-state index contributed by atoms with van der Waals surface area (Å²) in [5.41, 5.74) is 0.117. The number of nitrogens with zero attached hydrogens (tertiary/aromatic N) is 2. The average Bonchev–Trinajstić information content (AvgIpc) is 2.95. The van der Waals surface area contributed by atoms with Crippen LogP contribution >= 0.6 is 0 Å². The number of ether oxygens (including phenoxy) is 2. The Morgan fingerprint density at radius 3 is 1.20 bits per heavy atom. The van der Waals surface area contributed by atoms with Crippen LogP contribution in [-0.4, -0.2) is 63.6 Å². The van der Waals surface area contributed by atoms with Crippen molar-refractivity contribution in [2.75, 3.05) is 26.2 Å². The summed E-state index contributed by atoms with van der Waals surface area (Å²) in [6.45, 7) is 8.11. The molecule has 0 heterocycles. The molecule has 214 valence electrons. The highest BCUT2D eigenvalue weighted by Gasteiger charge is 2.24. The van der Waals surface area contributed by atoms with Crippen molar-refractivity contribution in [3.63, 3.8) is 0 Å². The van der Waals surface area contributed by atoms with E-state index in [1.54, 1.807) is 27.7 Å². The molecule has 0 aliphatic carbocycles. The molecule has 0 saturated carbocycles.